The van der Waals surface area contributed by atoms with E-state index in [4.69, 9.17) is 0 Å². The number of hydrogen-bond acceptors (Lipinski definition) is 3. The van der Waals surface area contributed by atoms with Gasteiger partial charge < -0.3 is 5.32 Å². The van der Waals surface area contributed by atoms with E-state index in [0.29, 0.717) is 24.6 Å². The Morgan fingerprint density at radius 3 is 2.29 bits per heavy atom. The highest BCUT2D eigenvalue weighted by Gasteiger charge is 2.42. The average molecular weight is 405 g/mol. The van der Waals surface area contributed by atoms with Gasteiger partial charge in [-0.15, -0.1) is 0 Å². The quantitative estimate of drug-likeness (QED) is 0.812. The van der Waals surface area contributed by atoms with Crippen LogP contribution >= 0.6 is 0 Å². The van der Waals surface area contributed by atoms with Crippen LogP contribution in [0.4, 0.5) is 0 Å². The molecule has 0 radical (unpaired) electrons. The van der Waals surface area contributed by atoms with E-state index in [1.54, 1.807) is 28.6 Å². The molecule has 4 atom stereocenters. The van der Waals surface area contributed by atoms with Crippen LogP contribution in [-0.4, -0.2) is 37.8 Å². The number of nitrogens with one attached hydrogen (secondary N) is 1. The molecular formula is C22H32N2O3S. The molecule has 0 spiro atoms. The minimum atomic E-state index is -3.47. The molecule has 154 valence electrons. The van der Waals surface area contributed by atoms with Crippen LogP contribution in [0.5, 0.6) is 0 Å². The minimum absolute atomic E-state index is 0.103. The fourth-order valence-corrected chi connectivity index (χ4v) is 7.03. The van der Waals surface area contributed by atoms with Crippen LogP contribution in [0.2, 0.25) is 0 Å². The molecule has 1 aromatic rings. The summed E-state index contributed by atoms with van der Waals surface area (Å²) in [6.45, 7) is 3.29. The number of nitrogens with zero attached hydrogens (tertiary/aromatic N) is 1. The molecule has 1 N–H and O–H groups in total. The van der Waals surface area contributed by atoms with Crippen molar-refractivity contribution in [3.05, 3.63) is 29.8 Å². The number of amides is 1. The van der Waals surface area contributed by atoms with Gasteiger partial charge >= 0.3 is 0 Å². The molecule has 1 aliphatic heterocycles. The summed E-state index contributed by atoms with van der Waals surface area (Å²) < 4.78 is 27.3. The van der Waals surface area contributed by atoms with Crippen molar-refractivity contribution in [1.29, 1.82) is 0 Å². The Bertz CT molecular complexity index is 798. The Morgan fingerprint density at radius 1 is 1.04 bits per heavy atom. The summed E-state index contributed by atoms with van der Waals surface area (Å²) in [7, 11) is -3.47. The van der Waals surface area contributed by atoms with E-state index in [1.807, 2.05) is 0 Å². The number of sulfonamides is 1. The lowest BCUT2D eigenvalue weighted by molar-refractivity contribution is 0.0915. The van der Waals surface area contributed by atoms with Crippen molar-refractivity contribution in [3.8, 4) is 0 Å². The number of hydrogen-bond donors (Lipinski definition) is 1. The van der Waals surface area contributed by atoms with Crippen molar-refractivity contribution in [2.24, 2.45) is 17.8 Å². The molecule has 3 aliphatic rings. The predicted octanol–water partition coefficient (Wildman–Crippen LogP) is 3.81. The second kappa shape index (κ2) is 8.15. The fourth-order valence-electron chi connectivity index (χ4n) is 5.51. The van der Waals surface area contributed by atoms with Crippen molar-refractivity contribution in [3.63, 3.8) is 0 Å². The summed E-state index contributed by atoms with van der Waals surface area (Å²) in [6, 6.07) is 6.62. The van der Waals surface area contributed by atoms with Crippen LogP contribution < -0.4 is 5.32 Å². The number of benzene rings is 1. The number of rotatable bonds is 5. The van der Waals surface area contributed by atoms with E-state index in [9.17, 15) is 13.2 Å². The van der Waals surface area contributed by atoms with E-state index < -0.39 is 10.0 Å². The van der Waals surface area contributed by atoms with Crippen molar-refractivity contribution in [1.82, 2.24) is 9.62 Å². The highest BCUT2D eigenvalue weighted by Crippen LogP contribution is 2.49. The monoisotopic (exact) mass is 404 g/mol. The van der Waals surface area contributed by atoms with Gasteiger partial charge in [-0.3, -0.25) is 4.79 Å². The Morgan fingerprint density at radius 2 is 1.71 bits per heavy atom. The van der Waals surface area contributed by atoms with Gasteiger partial charge in [0.1, 0.15) is 0 Å². The van der Waals surface area contributed by atoms with Gasteiger partial charge in [-0.1, -0.05) is 19.3 Å². The first-order valence-corrected chi connectivity index (χ1v) is 12.3. The number of carbonyl (C=O) groups is 1. The summed E-state index contributed by atoms with van der Waals surface area (Å²) >= 11 is 0. The molecule has 2 saturated carbocycles. The molecule has 28 heavy (non-hydrogen) atoms. The maximum absolute atomic E-state index is 12.9. The van der Waals surface area contributed by atoms with Crippen molar-refractivity contribution >= 4 is 15.9 Å². The first-order chi connectivity index (χ1) is 13.4. The standard InChI is InChI=1S/C22H32N2O3S/c1-16(21-15-17-6-7-19(21)14-17)23-22(25)18-8-10-20(11-9-18)28(26,27)24-12-4-2-3-5-13-24/h8-11,16-17,19,21H,2-7,12-15H2,1H3,(H,23,25). The third-order valence-electron chi connectivity index (χ3n) is 7.11. The van der Waals surface area contributed by atoms with Crippen LogP contribution in [0.15, 0.2) is 29.2 Å². The maximum atomic E-state index is 12.9. The van der Waals surface area contributed by atoms with E-state index in [2.05, 4.69) is 12.2 Å². The maximum Gasteiger partial charge on any atom is 0.251 e. The Labute approximate surface area is 168 Å². The van der Waals surface area contributed by atoms with Gasteiger partial charge in [-0.2, -0.15) is 4.31 Å². The van der Waals surface area contributed by atoms with E-state index in [-0.39, 0.29) is 16.8 Å². The summed E-state index contributed by atoms with van der Waals surface area (Å²) in [5, 5.41) is 3.15. The zero-order chi connectivity index (χ0) is 19.7. The van der Waals surface area contributed by atoms with Crippen molar-refractivity contribution in [2.45, 2.75) is 69.2 Å². The number of carbonyl (C=O) groups excluding carboxylic acids is 1. The molecule has 1 saturated heterocycles. The second-order valence-corrected chi connectivity index (χ2v) is 10.9. The molecule has 1 aromatic carbocycles. The highest BCUT2D eigenvalue weighted by molar-refractivity contribution is 7.89. The molecule has 5 nitrogen and oxygen atoms in total. The molecular weight excluding hydrogens is 372 g/mol. The molecule has 6 heteroatoms. The van der Waals surface area contributed by atoms with Gasteiger partial charge in [0.15, 0.2) is 0 Å². The molecule has 0 aromatic heterocycles. The van der Waals surface area contributed by atoms with Gasteiger partial charge in [0, 0.05) is 24.7 Å². The Kier molecular flexibility index (Phi) is 5.79. The van der Waals surface area contributed by atoms with Crippen LogP contribution in [0.25, 0.3) is 0 Å². The van der Waals surface area contributed by atoms with Gasteiger partial charge in [0.2, 0.25) is 10.0 Å². The third-order valence-corrected chi connectivity index (χ3v) is 9.03. The summed E-state index contributed by atoms with van der Waals surface area (Å²) in [5.74, 6) is 2.11. The minimum Gasteiger partial charge on any atom is -0.349 e. The van der Waals surface area contributed by atoms with E-state index in [0.717, 1.165) is 37.5 Å². The lowest BCUT2D eigenvalue weighted by Crippen LogP contribution is -2.40. The van der Waals surface area contributed by atoms with Crippen molar-refractivity contribution in [2.75, 3.05) is 13.1 Å². The first-order valence-electron chi connectivity index (χ1n) is 10.9. The normalized spacial score (nSPS) is 29.4. The van der Waals surface area contributed by atoms with Crippen LogP contribution in [0, 0.1) is 17.8 Å². The summed E-state index contributed by atoms with van der Waals surface area (Å²) in [6.07, 6.45) is 9.24. The molecule has 4 unspecified atom stereocenters. The molecule has 3 fully saturated rings. The van der Waals surface area contributed by atoms with Gasteiger partial charge in [-0.25, -0.2) is 8.42 Å². The van der Waals surface area contributed by atoms with Crippen LogP contribution in [0.1, 0.15) is 68.6 Å². The van der Waals surface area contributed by atoms with Gasteiger partial charge in [0.05, 0.1) is 4.90 Å². The lowest BCUT2D eigenvalue weighted by Gasteiger charge is -2.28. The number of fused-ring (bicyclic) bond motifs is 2. The highest BCUT2D eigenvalue weighted by atomic mass is 32.2. The second-order valence-electron chi connectivity index (χ2n) is 8.94. The topological polar surface area (TPSA) is 66.5 Å². The summed E-state index contributed by atoms with van der Waals surface area (Å²) in [5.41, 5.74) is 0.532. The lowest BCUT2D eigenvalue weighted by atomic mass is 9.84. The fraction of sp³-hybridized carbons (Fsp3) is 0.682. The Balaban J connectivity index is 1.40. The van der Waals surface area contributed by atoms with Crippen molar-refractivity contribution < 1.29 is 13.2 Å². The zero-order valence-corrected chi connectivity index (χ0v) is 17.6. The molecule has 2 bridgehead atoms. The third kappa shape index (κ3) is 3.99. The average Bonchev–Trinajstić information content (AvgIpc) is 3.22. The largest absolute Gasteiger partial charge is 0.349 e. The molecule has 1 heterocycles. The SMILES string of the molecule is CC(NC(=O)c1ccc(S(=O)(=O)N2CCCCCC2)cc1)C1CC2CCC1C2. The smallest absolute Gasteiger partial charge is 0.251 e. The van der Waals surface area contributed by atoms with E-state index in [1.165, 1.54) is 25.7 Å². The first kappa shape index (κ1) is 19.9. The van der Waals surface area contributed by atoms with Gasteiger partial charge in [-0.05, 0) is 81.0 Å². The zero-order valence-electron chi connectivity index (χ0n) is 16.8. The van der Waals surface area contributed by atoms with Crippen LogP contribution in [-0.2, 0) is 10.0 Å². The molecule has 4 rings (SSSR count). The van der Waals surface area contributed by atoms with Crippen LogP contribution in [0.3, 0.4) is 0 Å². The summed E-state index contributed by atoms with van der Waals surface area (Å²) in [4.78, 5) is 12.9. The Hall–Kier alpha value is -1.40. The molecule has 2 aliphatic carbocycles. The predicted molar refractivity (Wildman–Crippen MR) is 110 cm³/mol. The molecule has 1 amide bonds. The van der Waals surface area contributed by atoms with Gasteiger partial charge in [0.25, 0.3) is 5.91 Å². The van der Waals surface area contributed by atoms with E-state index >= 15 is 0 Å².